The number of nitrogens with one attached hydrogen (secondary N) is 2. The average Bonchev–Trinajstić information content (AvgIpc) is 3.22. The molecule has 5 aromatic rings. The molecule has 7 heteroatoms. The van der Waals surface area contributed by atoms with Crippen LogP contribution in [0.2, 0.25) is 0 Å². The maximum Gasteiger partial charge on any atom is 0.270 e. The van der Waals surface area contributed by atoms with Gasteiger partial charge in [-0.15, -0.1) is 0 Å². The Kier molecular flexibility index (Phi) is 5.28. The van der Waals surface area contributed by atoms with Gasteiger partial charge in [0.05, 0.1) is 4.92 Å². The number of nitrogens with zero attached hydrogens (tertiary/aromatic N) is 2. The van der Waals surface area contributed by atoms with Gasteiger partial charge in [-0.25, -0.2) is 4.98 Å². The van der Waals surface area contributed by atoms with Crippen molar-refractivity contribution in [2.24, 2.45) is 0 Å². The summed E-state index contributed by atoms with van der Waals surface area (Å²) in [6.07, 6.45) is 2.41. The molecule has 0 bridgehead atoms. The third-order valence-electron chi connectivity index (χ3n) is 5.64. The van der Waals surface area contributed by atoms with E-state index in [4.69, 9.17) is 0 Å². The number of hydrogen-bond acceptors (Lipinski definition) is 4. The number of pyridine rings is 1. The van der Waals surface area contributed by atoms with Crippen molar-refractivity contribution in [2.45, 2.75) is 6.42 Å². The van der Waals surface area contributed by atoms with E-state index in [1.165, 1.54) is 6.07 Å². The zero-order valence-corrected chi connectivity index (χ0v) is 17.6. The van der Waals surface area contributed by atoms with Crippen molar-refractivity contribution in [1.29, 1.82) is 0 Å². The van der Waals surface area contributed by atoms with Gasteiger partial charge >= 0.3 is 0 Å². The van der Waals surface area contributed by atoms with Crippen LogP contribution in [0.4, 0.5) is 5.69 Å². The minimum Gasteiger partial charge on any atom is -0.352 e. The molecular weight excluding hydrogens is 416 g/mol. The molecule has 0 saturated carbocycles. The summed E-state index contributed by atoms with van der Waals surface area (Å²) in [5, 5.41) is 16.1. The summed E-state index contributed by atoms with van der Waals surface area (Å²) >= 11 is 0. The highest BCUT2D eigenvalue weighted by Crippen LogP contribution is 2.30. The molecule has 0 atom stereocenters. The second kappa shape index (κ2) is 8.55. The van der Waals surface area contributed by atoms with E-state index in [0.717, 1.165) is 38.6 Å². The van der Waals surface area contributed by atoms with Gasteiger partial charge in [0.25, 0.3) is 11.6 Å². The van der Waals surface area contributed by atoms with Crippen LogP contribution in [0.1, 0.15) is 15.9 Å². The Hall–Kier alpha value is -4.52. The average molecular weight is 436 g/mol. The fourth-order valence-electron chi connectivity index (χ4n) is 3.94. The van der Waals surface area contributed by atoms with E-state index in [0.29, 0.717) is 18.5 Å². The molecule has 0 aliphatic rings. The molecule has 2 aromatic heterocycles. The summed E-state index contributed by atoms with van der Waals surface area (Å²) < 4.78 is 0. The van der Waals surface area contributed by atoms with Gasteiger partial charge in [0.2, 0.25) is 0 Å². The number of amides is 1. The topological polar surface area (TPSA) is 101 Å². The molecule has 5 rings (SSSR count). The number of rotatable bonds is 6. The largest absolute Gasteiger partial charge is 0.352 e. The zero-order chi connectivity index (χ0) is 22.8. The van der Waals surface area contributed by atoms with Gasteiger partial charge in [-0.2, -0.15) is 0 Å². The van der Waals surface area contributed by atoms with Gasteiger partial charge < -0.3 is 10.3 Å². The van der Waals surface area contributed by atoms with Crippen LogP contribution in [-0.2, 0) is 6.42 Å². The summed E-state index contributed by atoms with van der Waals surface area (Å²) in [6, 6.07) is 23.8. The SMILES string of the molecule is O=C(NCCc1ccc2[nH]c3ncc(-c4cccc([N+](=O)[O-])c4)cc3c2c1)c1ccccc1. The predicted molar refractivity (Wildman–Crippen MR) is 128 cm³/mol. The van der Waals surface area contributed by atoms with Crippen LogP contribution in [-0.4, -0.2) is 27.3 Å². The number of carbonyl (C=O) groups excluding carboxylic acids is 1. The highest BCUT2D eigenvalue weighted by atomic mass is 16.6. The molecule has 33 heavy (non-hydrogen) atoms. The van der Waals surface area contributed by atoms with Crippen molar-refractivity contribution >= 4 is 33.5 Å². The van der Waals surface area contributed by atoms with Crippen LogP contribution in [0.3, 0.4) is 0 Å². The van der Waals surface area contributed by atoms with Gasteiger partial charge in [-0.05, 0) is 47.9 Å². The molecule has 0 saturated heterocycles. The molecule has 0 unspecified atom stereocenters. The molecule has 3 aromatic carbocycles. The normalized spacial score (nSPS) is 11.0. The number of carbonyl (C=O) groups is 1. The van der Waals surface area contributed by atoms with E-state index < -0.39 is 4.92 Å². The number of fused-ring (bicyclic) bond motifs is 3. The Morgan fingerprint density at radius 1 is 0.939 bits per heavy atom. The fraction of sp³-hybridized carbons (Fsp3) is 0.0769. The van der Waals surface area contributed by atoms with Gasteiger partial charge in [0.1, 0.15) is 5.65 Å². The molecule has 1 amide bonds. The molecule has 0 aliphatic heterocycles. The van der Waals surface area contributed by atoms with Gasteiger partial charge in [-0.1, -0.05) is 36.4 Å². The summed E-state index contributed by atoms with van der Waals surface area (Å²) in [4.78, 5) is 30.8. The Bertz CT molecular complexity index is 1490. The first-order chi connectivity index (χ1) is 16.1. The van der Waals surface area contributed by atoms with Crippen molar-refractivity contribution in [1.82, 2.24) is 15.3 Å². The van der Waals surface area contributed by atoms with Crippen molar-refractivity contribution < 1.29 is 9.72 Å². The summed E-state index contributed by atoms with van der Waals surface area (Å²) in [5.74, 6) is -0.0884. The number of aromatic nitrogens is 2. The summed E-state index contributed by atoms with van der Waals surface area (Å²) in [5.41, 5.74) is 5.06. The lowest BCUT2D eigenvalue weighted by atomic mass is 10.0. The van der Waals surface area contributed by atoms with Gasteiger partial charge in [0, 0.05) is 52.3 Å². The second-order valence-electron chi connectivity index (χ2n) is 7.80. The molecule has 7 nitrogen and oxygen atoms in total. The maximum absolute atomic E-state index is 12.3. The minimum absolute atomic E-state index is 0.0476. The molecule has 162 valence electrons. The highest BCUT2D eigenvalue weighted by molar-refractivity contribution is 6.07. The third kappa shape index (κ3) is 4.16. The Morgan fingerprint density at radius 3 is 2.61 bits per heavy atom. The van der Waals surface area contributed by atoms with Gasteiger partial charge in [0.15, 0.2) is 0 Å². The number of non-ortho nitro benzene ring substituents is 1. The fourth-order valence-corrected chi connectivity index (χ4v) is 3.94. The first-order valence-corrected chi connectivity index (χ1v) is 10.6. The Morgan fingerprint density at radius 2 is 1.79 bits per heavy atom. The monoisotopic (exact) mass is 436 g/mol. The Balaban J connectivity index is 1.40. The Labute approximate surface area is 189 Å². The van der Waals surface area contributed by atoms with Crippen LogP contribution in [0.25, 0.3) is 33.1 Å². The first-order valence-electron chi connectivity index (χ1n) is 10.6. The molecule has 0 spiro atoms. The lowest BCUT2D eigenvalue weighted by molar-refractivity contribution is -0.384. The molecule has 2 N–H and O–H groups in total. The van der Waals surface area contributed by atoms with Crippen molar-refractivity contribution in [2.75, 3.05) is 6.54 Å². The maximum atomic E-state index is 12.3. The second-order valence-corrected chi connectivity index (χ2v) is 7.80. The van der Waals surface area contributed by atoms with Crippen LogP contribution < -0.4 is 5.32 Å². The molecule has 0 fully saturated rings. The van der Waals surface area contributed by atoms with E-state index >= 15 is 0 Å². The smallest absolute Gasteiger partial charge is 0.270 e. The van der Waals surface area contributed by atoms with Gasteiger partial charge in [-0.3, -0.25) is 14.9 Å². The first kappa shape index (κ1) is 20.4. The standard InChI is InChI=1S/C26H20N4O3/c31-26(18-5-2-1-3-6-18)27-12-11-17-9-10-24-22(13-17)23-15-20(16-28-25(23)29-24)19-7-4-8-21(14-19)30(32)33/h1-10,13-16H,11-12H2,(H,27,31)(H,28,29). The number of aromatic amines is 1. The minimum atomic E-state index is -0.399. The summed E-state index contributed by atoms with van der Waals surface area (Å²) in [7, 11) is 0. The highest BCUT2D eigenvalue weighted by Gasteiger charge is 2.11. The van der Waals surface area contributed by atoms with Crippen LogP contribution in [0, 0.1) is 10.1 Å². The number of H-pyrrole nitrogens is 1. The molecule has 0 radical (unpaired) electrons. The number of benzene rings is 3. The quantitative estimate of drug-likeness (QED) is 0.280. The van der Waals surface area contributed by atoms with Crippen molar-refractivity contribution in [3.63, 3.8) is 0 Å². The molecule has 2 heterocycles. The van der Waals surface area contributed by atoms with E-state index in [-0.39, 0.29) is 11.6 Å². The number of nitro groups is 1. The van der Waals surface area contributed by atoms with Crippen LogP contribution in [0.15, 0.2) is 85.1 Å². The van der Waals surface area contributed by atoms with Crippen molar-refractivity contribution in [3.8, 4) is 11.1 Å². The predicted octanol–water partition coefficient (Wildman–Crippen LogP) is 5.26. The molecular formula is C26H20N4O3. The number of hydrogen-bond donors (Lipinski definition) is 2. The lowest BCUT2D eigenvalue weighted by Crippen LogP contribution is -2.25. The third-order valence-corrected chi connectivity index (χ3v) is 5.64. The zero-order valence-electron chi connectivity index (χ0n) is 17.6. The van der Waals surface area contributed by atoms with E-state index in [1.807, 2.05) is 42.5 Å². The summed E-state index contributed by atoms with van der Waals surface area (Å²) in [6.45, 7) is 0.527. The molecule has 0 aliphatic carbocycles. The number of nitro benzene ring substituents is 1. The van der Waals surface area contributed by atoms with Crippen LogP contribution in [0.5, 0.6) is 0 Å². The van der Waals surface area contributed by atoms with E-state index in [1.54, 1.807) is 30.5 Å². The lowest BCUT2D eigenvalue weighted by Gasteiger charge is -2.06. The van der Waals surface area contributed by atoms with E-state index in [2.05, 4.69) is 21.4 Å². The van der Waals surface area contributed by atoms with Crippen LogP contribution >= 0.6 is 0 Å². The van der Waals surface area contributed by atoms with Crippen molar-refractivity contribution in [3.05, 3.63) is 106 Å². The van der Waals surface area contributed by atoms with E-state index in [9.17, 15) is 14.9 Å².